The SMILES string of the molecule is C[C@@H]1CC[C@H]2[C@@H]3CCC4=CC(=O)C(C5CC5)C[C@@H]4[C@H]3CC[C@]12C. The van der Waals surface area contributed by atoms with Gasteiger partial charge in [0.1, 0.15) is 0 Å². The van der Waals surface area contributed by atoms with E-state index in [1.54, 1.807) is 5.57 Å². The number of hydrogen-bond donors (Lipinski definition) is 0. The molecule has 1 unspecified atom stereocenters. The molecule has 4 fully saturated rings. The van der Waals surface area contributed by atoms with Gasteiger partial charge < -0.3 is 0 Å². The first-order valence-corrected chi connectivity index (χ1v) is 10.3. The minimum absolute atomic E-state index is 0.401. The van der Waals surface area contributed by atoms with Gasteiger partial charge in [-0.15, -0.1) is 0 Å². The van der Waals surface area contributed by atoms with Crippen LogP contribution in [0.4, 0.5) is 0 Å². The molecule has 0 radical (unpaired) electrons. The summed E-state index contributed by atoms with van der Waals surface area (Å²) in [5.74, 6) is 6.21. The molecule has 5 aliphatic carbocycles. The molecule has 23 heavy (non-hydrogen) atoms. The number of rotatable bonds is 1. The average molecular weight is 312 g/mol. The largest absolute Gasteiger partial charge is 0.295 e. The molecule has 5 aliphatic rings. The summed E-state index contributed by atoms with van der Waals surface area (Å²) in [5.41, 5.74) is 2.19. The first-order chi connectivity index (χ1) is 11.1. The molecule has 5 rings (SSSR count). The molecule has 0 saturated heterocycles. The van der Waals surface area contributed by atoms with Gasteiger partial charge in [-0.25, -0.2) is 0 Å². The fraction of sp³-hybridized carbons (Fsp3) is 0.864. The lowest BCUT2D eigenvalue weighted by atomic mass is 9.51. The van der Waals surface area contributed by atoms with Gasteiger partial charge in [0.25, 0.3) is 0 Å². The van der Waals surface area contributed by atoms with Crippen LogP contribution in [0.2, 0.25) is 0 Å². The number of hydrogen-bond acceptors (Lipinski definition) is 1. The highest BCUT2D eigenvalue weighted by atomic mass is 16.1. The Balaban J connectivity index is 1.44. The Bertz CT molecular complexity index is 556. The third kappa shape index (κ3) is 2.07. The third-order valence-electron chi connectivity index (χ3n) is 9.12. The summed E-state index contributed by atoms with van der Waals surface area (Å²) in [6.07, 6.45) is 14.4. The average Bonchev–Trinajstić information content (AvgIpc) is 3.32. The van der Waals surface area contributed by atoms with Crippen molar-refractivity contribution in [3.05, 3.63) is 11.6 Å². The van der Waals surface area contributed by atoms with Crippen LogP contribution < -0.4 is 0 Å². The molecule has 0 N–H and O–H groups in total. The van der Waals surface area contributed by atoms with Gasteiger partial charge in [0, 0.05) is 5.92 Å². The fourth-order valence-corrected chi connectivity index (χ4v) is 7.40. The van der Waals surface area contributed by atoms with Crippen molar-refractivity contribution in [1.29, 1.82) is 0 Å². The van der Waals surface area contributed by atoms with Crippen LogP contribution in [0.1, 0.15) is 71.6 Å². The smallest absolute Gasteiger partial charge is 0.159 e. The molecule has 0 spiro atoms. The van der Waals surface area contributed by atoms with Gasteiger partial charge in [0.15, 0.2) is 5.78 Å². The predicted octanol–water partition coefficient (Wildman–Crippen LogP) is 5.40. The molecule has 4 saturated carbocycles. The summed E-state index contributed by atoms with van der Waals surface area (Å²) in [7, 11) is 0. The van der Waals surface area contributed by atoms with Gasteiger partial charge in [0.2, 0.25) is 0 Å². The molecular weight excluding hydrogens is 280 g/mol. The van der Waals surface area contributed by atoms with E-state index in [4.69, 9.17) is 0 Å². The van der Waals surface area contributed by atoms with Crippen LogP contribution in [-0.4, -0.2) is 5.78 Å². The van der Waals surface area contributed by atoms with E-state index in [2.05, 4.69) is 19.9 Å². The van der Waals surface area contributed by atoms with Gasteiger partial charge in [-0.1, -0.05) is 19.4 Å². The highest BCUT2D eigenvalue weighted by Gasteiger charge is 2.55. The van der Waals surface area contributed by atoms with Gasteiger partial charge in [-0.2, -0.15) is 0 Å². The van der Waals surface area contributed by atoms with E-state index in [0.29, 0.717) is 17.1 Å². The Morgan fingerprint density at radius 2 is 1.83 bits per heavy atom. The maximum atomic E-state index is 12.5. The van der Waals surface area contributed by atoms with Crippen LogP contribution in [0.5, 0.6) is 0 Å². The zero-order chi connectivity index (χ0) is 15.8. The van der Waals surface area contributed by atoms with Gasteiger partial charge in [-0.3, -0.25) is 4.79 Å². The van der Waals surface area contributed by atoms with Crippen molar-refractivity contribution in [2.75, 3.05) is 0 Å². The highest BCUT2D eigenvalue weighted by Crippen LogP contribution is 2.64. The summed E-state index contributed by atoms with van der Waals surface area (Å²) in [4.78, 5) is 12.5. The molecular formula is C22H32O. The molecule has 0 heterocycles. The second kappa shape index (κ2) is 4.96. The van der Waals surface area contributed by atoms with Crippen molar-refractivity contribution >= 4 is 5.78 Å². The fourth-order valence-electron chi connectivity index (χ4n) is 7.40. The van der Waals surface area contributed by atoms with Crippen molar-refractivity contribution in [1.82, 2.24) is 0 Å². The molecule has 0 aromatic heterocycles. The highest BCUT2D eigenvalue weighted by molar-refractivity contribution is 5.94. The first kappa shape index (κ1) is 14.7. The molecule has 0 aromatic carbocycles. The summed E-state index contributed by atoms with van der Waals surface area (Å²) in [6, 6.07) is 0. The molecule has 0 bridgehead atoms. The zero-order valence-corrected chi connectivity index (χ0v) is 14.9. The monoisotopic (exact) mass is 312 g/mol. The van der Waals surface area contributed by atoms with Crippen molar-refractivity contribution < 1.29 is 4.79 Å². The molecule has 0 aromatic rings. The van der Waals surface area contributed by atoms with E-state index in [1.807, 2.05) is 0 Å². The van der Waals surface area contributed by atoms with Crippen molar-refractivity contribution in [3.8, 4) is 0 Å². The minimum Gasteiger partial charge on any atom is -0.295 e. The molecule has 7 atom stereocenters. The lowest BCUT2D eigenvalue weighted by molar-refractivity contribution is -0.121. The van der Waals surface area contributed by atoms with Crippen molar-refractivity contribution in [2.45, 2.75) is 71.6 Å². The van der Waals surface area contributed by atoms with E-state index >= 15 is 0 Å². The standard InChI is InChI=1S/C22H32O/c1-13-3-8-20-17-7-6-15-11-21(23)19(14-4-5-14)12-18(15)16(17)9-10-22(13,20)2/h11,13-14,16-20H,3-10,12H2,1-2H3/t13-,16+,17-,18+,19?,20+,22-/m1/s1. The van der Waals surface area contributed by atoms with Crippen LogP contribution in [0.15, 0.2) is 11.6 Å². The van der Waals surface area contributed by atoms with Gasteiger partial charge in [0.05, 0.1) is 0 Å². The van der Waals surface area contributed by atoms with Crippen molar-refractivity contribution in [2.24, 2.45) is 46.8 Å². The third-order valence-corrected chi connectivity index (χ3v) is 9.12. The van der Waals surface area contributed by atoms with Crippen LogP contribution >= 0.6 is 0 Å². The molecule has 1 heteroatoms. The van der Waals surface area contributed by atoms with Crippen LogP contribution in [-0.2, 0) is 4.79 Å². The minimum atomic E-state index is 0.401. The quantitative estimate of drug-likeness (QED) is 0.633. The van der Waals surface area contributed by atoms with Crippen LogP contribution in [0, 0.1) is 46.8 Å². The Labute approximate surface area is 141 Å². The van der Waals surface area contributed by atoms with Gasteiger partial charge in [-0.05, 0) is 105 Å². The summed E-state index contributed by atoms with van der Waals surface area (Å²) < 4.78 is 0. The normalized spacial score (nSPS) is 52.4. The van der Waals surface area contributed by atoms with E-state index < -0.39 is 0 Å². The Hall–Kier alpha value is -0.590. The molecule has 1 nitrogen and oxygen atoms in total. The van der Waals surface area contributed by atoms with Crippen molar-refractivity contribution in [3.63, 3.8) is 0 Å². The van der Waals surface area contributed by atoms with E-state index in [-0.39, 0.29) is 0 Å². The lowest BCUT2D eigenvalue weighted by Crippen LogP contribution is -2.47. The Morgan fingerprint density at radius 3 is 2.61 bits per heavy atom. The molecule has 0 aliphatic heterocycles. The van der Waals surface area contributed by atoms with E-state index in [1.165, 1.54) is 57.8 Å². The number of carbonyl (C=O) groups is 1. The molecule has 126 valence electrons. The molecule has 0 amide bonds. The summed E-state index contributed by atoms with van der Waals surface area (Å²) >= 11 is 0. The first-order valence-electron chi connectivity index (χ1n) is 10.3. The lowest BCUT2D eigenvalue weighted by Gasteiger charge is -2.54. The summed E-state index contributed by atoms with van der Waals surface area (Å²) in [6.45, 7) is 5.12. The van der Waals surface area contributed by atoms with Crippen LogP contribution in [0.25, 0.3) is 0 Å². The van der Waals surface area contributed by atoms with E-state index in [0.717, 1.165) is 35.5 Å². The predicted molar refractivity (Wildman–Crippen MR) is 92.9 cm³/mol. The zero-order valence-electron chi connectivity index (χ0n) is 14.9. The maximum absolute atomic E-state index is 12.5. The number of allylic oxidation sites excluding steroid dienone is 1. The topological polar surface area (TPSA) is 17.1 Å². The number of ketones is 1. The van der Waals surface area contributed by atoms with Gasteiger partial charge >= 0.3 is 0 Å². The van der Waals surface area contributed by atoms with Crippen LogP contribution in [0.3, 0.4) is 0 Å². The maximum Gasteiger partial charge on any atom is 0.159 e. The van der Waals surface area contributed by atoms with E-state index in [9.17, 15) is 4.79 Å². The number of fused-ring (bicyclic) bond motifs is 5. The second-order valence-corrected chi connectivity index (χ2v) is 9.90. The Morgan fingerprint density at radius 1 is 1.00 bits per heavy atom. The summed E-state index contributed by atoms with van der Waals surface area (Å²) in [5, 5.41) is 0. The second-order valence-electron chi connectivity index (χ2n) is 9.90. The number of carbonyl (C=O) groups excluding carboxylic acids is 1. The Kier molecular flexibility index (Phi) is 3.18.